The third kappa shape index (κ3) is 2.50. The molecule has 0 bridgehead atoms. The zero-order chi connectivity index (χ0) is 10.1. The Morgan fingerprint density at radius 3 is 2.15 bits per heavy atom. The molecule has 0 aliphatic carbocycles. The number of nitrogens with one attached hydrogen (secondary N) is 1. The molecule has 1 rings (SSSR count). The number of hydrogen-bond acceptors (Lipinski definition) is 2. The highest BCUT2D eigenvalue weighted by Crippen LogP contribution is 2.37. The van der Waals surface area contributed by atoms with Crippen LogP contribution >= 0.6 is 0 Å². The van der Waals surface area contributed by atoms with Crippen molar-refractivity contribution < 1.29 is 26.7 Å². The van der Waals surface area contributed by atoms with Crippen molar-refractivity contribution in [1.29, 1.82) is 0 Å². The van der Waals surface area contributed by atoms with Crippen molar-refractivity contribution in [2.24, 2.45) is 0 Å². The molecule has 0 spiro atoms. The van der Waals surface area contributed by atoms with Crippen LogP contribution in [0, 0.1) is 0 Å². The molecule has 1 atom stereocenters. The van der Waals surface area contributed by atoms with E-state index in [0.29, 0.717) is 6.54 Å². The maximum absolute atomic E-state index is 12.2. The number of ether oxygens (including phenoxy) is 1. The van der Waals surface area contributed by atoms with Gasteiger partial charge in [-0.3, -0.25) is 0 Å². The zero-order valence-corrected chi connectivity index (χ0v) is 6.50. The van der Waals surface area contributed by atoms with Crippen LogP contribution in [0.4, 0.5) is 22.0 Å². The lowest BCUT2D eigenvalue weighted by Crippen LogP contribution is -2.42. The summed E-state index contributed by atoms with van der Waals surface area (Å²) in [7, 11) is 0. The third-order valence-electron chi connectivity index (χ3n) is 1.66. The van der Waals surface area contributed by atoms with Crippen LogP contribution in [0.3, 0.4) is 0 Å². The molecule has 0 aromatic carbocycles. The smallest absolute Gasteiger partial charge is 0.314 e. The second kappa shape index (κ2) is 3.38. The molecule has 1 fully saturated rings. The number of halogens is 5. The van der Waals surface area contributed by atoms with E-state index in [9.17, 15) is 22.0 Å². The molecule has 0 radical (unpaired) electrons. The van der Waals surface area contributed by atoms with Crippen molar-refractivity contribution in [3.8, 4) is 0 Å². The summed E-state index contributed by atoms with van der Waals surface area (Å²) < 4.78 is 62.8. The van der Waals surface area contributed by atoms with Crippen molar-refractivity contribution >= 4 is 0 Å². The Kier molecular flexibility index (Phi) is 2.76. The van der Waals surface area contributed by atoms with Crippen molar-refractivity contribution in [2.75, 3.05) is 13.1 Å². The summed E-state index contributed by atoms with van der Waals surface area (Å²) in [6.07, 6.45) is -11.6. The molecule has 1 unspecified atom stereocenters. The van der Waals surface area contributed by atoms with Gasteiger partial charge < -0.3 is 10.1 Å². The first-order valence-corrected chi connectivity index (χ1v) is 3.66. The van der Waals surface area contributed by atoms with Gasteiger partial charge in [0.1, 0.15) is 0 Å². The molecule has 1 N–H and O–H groups in total. The lowest BCUT2D eigenvalue weighted by atomic mass is 10.3. The molecule has 0 saturated carbocycles. The largest absolute Gasteiger partial charge is 0.482 e. The van der Waals surface area contributed by atoms with Crippen molar-refractivity contribution in [3.05, 3.63) is 0 Å². The fraction of sp³-hybridized carbons (Fsp3) is 1.00. The number of rotatable bonds is 2. The van der Waals surface area contributed by atoms with E-state index in [0.717, 1.165) is 0 Å². The van der Waals surface area contributed by atoms with Gasteiger partial charge >= 0.3 is 12.3 Å². The fourth-order valence-corrected chi connectivity index (χ4v) is 1.00. The third-order valence-corrected chi connectivity index (χ3v) is 1.66. The van der Waals surface area contributed by atoms with Gasteiger partial charge in [-0.15, -0.1) is 0 Å². The van der Waals surface area contributed by atoms with Gasteiger partial charge in [0, 0.05) is 6.54 Å². The van der Waals surface area contributed by atoms with Crippen LogP contribution < -0.4 is 5.32 Å². The van der Waals surface area contributed by atoms with Gasteiger partial charge in [-0.25, -0.2) is 0 Å². The number of hydrogen-bond donors (Lipinski definition) is 1. The normalized spacial score (nSPS) is 25.2. The Labute approximate surface area is 71.0 Å². The molecule has 1 saturated heterocycles. The highest BCUT2D eigenvalue weighted by atomic mass is 19.4. The predicted octanol–water partition coefficient (Wildman–Crippen LogP) is 1.52. The molecular formula is C6H8F5NO. The lowest BCUT2D eigenvalue weighted by Gasteiger charge is -2.22. The Morgan fingerprint density at radius 1 is 1.15 bits per heavy atom. The van der Waals surface area contributed by atoms with E-state index < -0.39 is 18.4 Å². The minimum atomic E-state index is -5.63. The standard InChI is InChI=1S/C6H8F5NO/c7-5(8,9)6(10,11)13-4-1-2-12-3-4/h4,12H,1-3H2. The van der Waals surface area contributed by atoms with Crippen LogP contribution in [-0.4, -0.2) is 31.5 Å². The molecule has 1 heterocycles. The minimum Gasteiger partial charge on any atom is -0.314 e. The quantitative estimate of drug-likeness (QED) is 0.690. The predicted molar refractivity (Wildman–Crippen MR) is 33.4 cm³/mol. The number of alkyl halides is 5. The van der Waals surface area contributed by atoms with Gasteiger partial charge in [-0.1, -0.05) is 0 Å². The van der Waals surface area contributed by atoms with Crippen molar-refractivity contribution in [3.63, 3.8) is 0 Å². The van der Waals surface area contributed by atoms with Gasteiger partial charge in [-0.05, 0) is 13.0 Å². The van der Waals surface area contributed by atoms with Crippen LogP contribution in [0.5, 0.6) is 0 Å². The first-order chi connectivity index (χ1) is 5.83. The van der Waals surface area contributed by atoms with Gasteiger partial charge in [0.05, 0.1) is 6.10 Å². The Hall–Kier alpha value is -0.430. The maximum atomic E-state index is 12.2. The van der Waals surface area contributed by atoms with E-state index in [1.54, 1.807) is 0 Å². The molecule has 7 heteroatoms. The average Bonchev–Trinajstić information content (AvgIpc) is 2.35. The monoisotopic (exact) mass is 205 g/mol. The van der Waals surface area contributed by atoms with Crippen LogP contribution in [0.2, 0.25) is 0 Å². The van der Waals surface area contributed by atoms with Crippen LogP contribution in [0.25, 0.3) is 0 Å². The van der Waals surface area contributed by atoms with Gasteiger partial charge in [0.2, 0.25) is 0 Å². The van der Waals surface area contributed by atoms with Gasteiger partial charge in [-0.2, -0.15) is 22.0 Å². The van der Waals surface area contributed by atoms with Crippen molar-refractivity contribution in [2.45, 2.75) is 24.8 Å². The summed E-state index contributed by atoms with van der Waals surface area (Å²) in [5.41, 5.74) is 0. The molecule has 2 nitrogen and oxygen atoms in total. The zero-order valence-electron chi connectivity index (χ0n) is 6.50. The molecule has 78 valence electrons. The Morgan fingerprint density at radius 2 is 1.77 bits per heavy atom. The van der Waals surface area contributed by atoms with E-state index >= 15 is 0 Å². The summed E-state index contributed by atoms with van der Waals surface area (Å²) in [4.78, 5) is 0. The summed E-state index contributed by atoms with van der Waals surface area (Å²) in [5, 5.41) is 2.62. The summed E-state index contributed by atoms with van der Waals surface area (Å²) in [6.45, 7) is 0.435. The highest BCUT2D eigenvalue weighted by Gasteiger charge is 2.60. The Bertz CT molecular complexity index is 174. The summed E-state index contributed by atoms with van der Waals surface area (Å²) >= 11 is 0. The van der Waals surface area contributed by atoms with Gasteiger partial charge in [0.25, 0.3) is 0 Å². The highest BCUT2D eigenvalue weighted by molar-refractivity contribution is 4.75. The summed E-state index contributed by atoms with van der Waals surface area (Å²) in [6, 6.07) is 0. The molecule has 0 aromatic rings. The first-order valence-electron chi connectivity index (χ1n) is 3.66. The summed E-state index contributed by atoms with van der Waals surface area (Å²) in [5.74, 6) is 0. The van der Waals surface area contributed by atoms with E-state index in [-0.39, 0.29) is 13.0 Å². The van der Waals surface area contributed by atoms with E-state index in [1.165, 1.54) is 0 Å². The first kappa shape index (κ1) is 10.6. The maximum Gasteiger partial charge on any atom is 0.482 e. The van der Waals surface area contributed by atoms with Crippen LogP contribution in [0.15, 0.2) is 0 Å². The van der Waals surface area contributed by atoms with E-state index in [2.05, 4.69) is 10.1 Å². The van der Waals surface area contributed by atoms with Gasteiger partial charge in [0.15, 0.2) is 0 Å². The topological polar surface area (TPSA) is 21.3 Å². The van der Waals surface area contributed by atoms with E-state index in [1.807, 2.05) is 0 Å². The fourth-order valence-electron chi connectivity index (χ4n) is 1.00. The lowest BCUT2D eigenvalue weighted by molar-refractivity contribution is -0.400. The molecule has 1 aliphatic rings. The molecule has 0 aromatic heterocycles. The minimum absolute atomic E-state index is 0.0334. The molecule has 0 amide bonds. The molecular weight excluding hydrogens is 197 g/mol. The second-order valence-electron chi connectivity index (χ2n) is 2.75. The second-order valence-corrected chi connectivity index (χ2v) is 2.75. The average molecular weight is 205 g/mol. The van der Waals surface area contributed by atoms with E-state index in [4.69, 9.17) is 0 Å². The van der Waals surface area contributed by atoms with Crippen molar-refractivity contribution in [1.82, 2.24) is 5.32 Å². The van der Waals surface area contributed by atoms with Crippen LogP contribution in [0.1, 0.15) is 6.42 Å². The SMILES string of the molecule is FC(F)(F)C(F)(F)OC1CCNC1. The van der Waals surface area contributed by atoms with Crippen LogP contribution in [-0.2, 0) is 4.74 Å². The Balaban J connectivity index is 2.50. The molecule has 1 aliphatic heterocycles. The molecule has 13 heavy (non-hydrogen) atoms.